The molecule has 0 N–H and O–H groups in total. The van der Waals surface area contributed by atoms with Crippen molar-refractivity contribution in [2.24, 2.45) is 0 Å². The number of ether oxygens (including phenoxy) is 3. The number of hydrogen-bond acceptors (Lipinski definition) is 7. The smallest absolute Gasteiger partial charge is 0.416 e. The molecule has 2 aliphatic heterocycles. The van der Waals surface area contributed by atoms with E-state index < -0.39 is 30.0 Å². The topological polar surface area (TPSA) is 81.2 Å². The third-order valence-electron chi connectivity index (χ3n) is 8.30. The predicted molar refractivity (Wildman–Crippen MR) is 159 cm³/mol. The second kappa shape index (κ2) is 12.4. The maximum atomic E-state index is 13.6. The summed E-state index contributed by atoms with van der Waals surface area (Å²) in [6, 6.07) is 10.9. The lowest BCUT2D eigenvalue weighted by Gasteiger charge is -2.33. The molecule has 0 aliphatic carbocycles. The van der Waals surface area contributed by atoms with E-state index in [1.165, 1.54) is 12.0 Å². The molecule has 3 aromatic rings. The second-order valence-electron chi connectivity index (χ2n) is 11.4. The normalized spacial score (nSPS) is 18.2. The van der Waals surface area contributed by atoms with Gasteiger partial charge in [-0.3, -0.25) is 9.69 Å². The lowest BCUT2D eigenvalue weighted by atomic mass is 9.94. The average molecular weight is 612 g/mol. The number of alkyl halides is 3. The van der Waals surface area contributed by atoms with E-state index >= 15 is 0 Å². The van der Waals surface area contributed by atoms with E-state index in [0.29, 0.717) is 29.0 Å². The third-order valence-corrected chi connectivity index (χ3v) is 8.30. The number of aryl methyl sites for hydroxylation is 3. The molecule has 1 aromatic heterocycles. The summed E-state index contributed by atoms with van der Waals surface area (Å²) in [5.74, 6) is 1.08. The van der Waals surface area contributed by atoms with Gasteiger partial charge in [0.05, 0.1) is 38.1 Å². The summed E-state index contributed by atoms with van der Waals surface area (Å²) in [4.78, 5) is 33.8. The molecule has 0 saturated carbocycles. The van der Waals surface area contributed by atoms with Gasteiger partial charge in [0.1, 0.15) is 17.7 Å². The zero-order valence-corrected chi connectivity index (χ0v) is 25.5. The van der Waals surface area contributed by atoms with Gasteiger partial charge in [-0.25, -0.2) is 9.78 Å². The van der Waals surface area contributed by atoms with Gasteiger partial charge in [-0.15, -0.1) is 0 Å². The Balaban J connectivity index is 1.54. The molecule has 2 aliphatic rings. The number of carbonyl (C=O) groups is 2. The number of hydrogen-bond donors (Lipinski definition) is 0. The largest absolute Gasteiger partial charge is 0.496 e. The Morgan fingerprint density at radius 1 is 1.09 bits per heavy atom. The van der Waals surface area contributed by atoms with Crippen LogP contribution in [0.5, 0.6) is 5.75 Å². The van der Waals surface area contributed by atoms with Crippen LogP contribution in [0.25, 0.3) is 11.1 Å². The molecular weight excluding hydrogens is 575 g/mol. The first-order valence-corrected chi connectivity index (χ1v) is 14.5. The molecule has 3 heterocycles. The van der Waals surface area contributed by atoms with Crippen molar-refractivity contribution in [1.82, 2.24) is 9.88 Å². The Labute approximate surface area is 254 Å². The zero-order chi connectivity index (χ0) is 31.8. The van der Waals surface area contributed by atoms with Crippen molar-refractivity contribution in [3.05, 3.63) is 76.0 Å². The van der Waals surface area contributed by atoms with E-state index in [4.69, 9.17) is 19.2 Å². The van der Waals surface area contributed by atoms with Gasteiger partial charge in [0.25, 0.3) is 0 Å². The lowest BCUT2D eigenvalue weighted by molar-refractivity contribution is -0.140. The molecular formula is C33H36F3N3O5. The van der Waals surface area contributed by atoms with Crippen molar-refractivity contribution in [3.8, 4) is 16.9 Å². The van der Waals surface area contributed by atoms with Crippen LogP contribution in [0.1, 0.15) is 59.4 Å². The van der Waals surface area contributed by atoms with Crippen LogP contribution in [-0.2, 0) is 33.4 Å². The van der Waals surface area contributed by atoms with E-state index in [9.17, 15) is 22.8 Å². The van der Waals surface area contributed by atoms with Crippen molar-refractivity contribution in [1.29, 1.82) is 0 Å². The maximum absolute atomic E-state index is 13.6. The Bertz CT molecular complexity index is 1570. The van der Waals surface area contributed by atoms with Gasteiger partial charge < -0.3 is 19.1 Å². The fraction of sp³-hybridized carbons (Fsp3) is 0.424. The molecule has 1 amide bonds. The molecule has 0 spiro atoms. The summed E-state index contributed by atoms with van der Waals surface area (Å²) >= 11 is 0. The van der Waals surface area contributed by atoms with Crippen molar-refractivity contribution in [2.75, 3.05) is 32.2 Å². The number of halogens is 3. The Hall–Kier alpha value is -4.28. The van der Waals surface area contributed by atoms with Gasteiger partial charge in [-0.05, 0) is 80.6 Å². The first kappa shape index (κ1) is 31.2. The maximum Gasteiger partial charge on any atom is 0.416 e. The van der Waals surface area contributed by atoms with E-state index in [-0.39, 0.29) is 18.9 Å². The van der Waals surface area contributed by atoms with E-state index in [2.05, 4.69) is 4.90 Å². The standard InChI is InChI=1S/C33H36F3N3O5/c1-19-13-23(17-24(14-19)33(34,35)36)31-21(3)39(32(41)44-31)18-26-30(20(2)15-28(37-26)38-11-6-12-38)25-16-22(7-9-27(25)42-4)8-10-29(40)43-5/h7,9,13-17,21,31H,6,8,10-12,18H2,1-5H3/t21-,31-/m0/s1. The molecule has 2 saturated heterocycles. The van der Waals surface area contributed by atoms with Gasteiger partial charge in [0, 0.05) is 30.6 Å². The van der Waals surface area contributed by atoms with Crippen molar-refractivity contribution in [2.45, 2.75) is 64.9 Å². The number of anilines is 1. The van der Waals surface area contributed by atoms with E-state index in [0.717, 1.165) is 59.7 Å². The summed E-state index contributed by atoms with van der Waals surface area (Å²) in [5.41, 5.74) is 3.91. The Kier molecular flexibility index (Phi) is 8.76. The summed E-state index contributed by atoms with van der Waals surface area (Å²) in [6.45, 7) is 7.15. The van der Waals surface area contributed by atoms with Crippen molar-refractivity contribution >= 4 is 17.9 Å². The number of aromatic nitrogens is 1. The SMILES string of the molecule is COC(=O)CCc1ccc(OC)c(-c2c(C)cc(N3CCC3)nc2CN2C(=O)O[C@H](c3cc(C)cc(C(F)(F)F)c3)[C@@H]2C)c1. The third kappa shape index (κ3) is 6.32. The van der Waals surface area contributed by atoms with Gasteiger partial charge in [-0.1, -0.05) is 17.7 Å². The first-order valence-electron chi connectivity index (χ1n) is 14.5. The highest BCUT2D eigenvalue weighted by Gasteiger charge is 2.42. The number of rotatable bonds is 9. The summed E-state index contributed by atoms with van der Waals surface area (Å²) in [7, 11) is 2.93. The highest BCUT2D eigenvalue weighted by atomic mass is 19.4. The highest BCUT2D eigenvalue weighted by Crippen LogP contribution is 2.41. The molecule has 0 radical (unpaired) electrons. The van der Waals surface area contributed by atoms with Crippen molar-refractivity contribution in [3.63, 3.8) is 0 Å². The molecule has 234 valence electrons. The number of benzene rings is 2. The molecule has 8 nitrogen and oxygen atoms in total. The molecule has 2 fully saturated rings. The fourth-order valence-electron chi connectivity index (χ4n) is 5.83. The lowest BCUT2D eigenvalue weighted by Crippen LogP contribution is -2.38. The number of nitrogens with zero attached hydrogens (tertiary/aromatic N) is 3. The number of cyclic esters (lactones) is 1. The van der Waals surface area contributed by atoms with Crippen LogP contribution in [0.3, 0.4) is 0 Å². The van der Waals surface area contributed by atoms with Crippen LogP contribution in [0, 0.1) is 13.8 Å². The predicted octanol–water partition coefficient (Wildman–Crippen LogP) is 6.79. The van der Waals surface area contributed by atoms with E-state index in [1.54, 1.807) is 27.0 Å². The number of pyridine rings is 1. The Morgan fingerprint density at radius 2 is 1.84 bits per heavy atom. The molecule has 0 bridgehead atoms. The number of amides is 1. The summed E-state index contributed by atoms with van der Waals surface area (Å²) in [6.07, 6.45) is -4.30. The molecule has 5 rings (SSSR count). The minimum absolute atomic E-state index is 0.0713. The highest BCUT2D eigenvalue weighted by molar-refractivity contribution is 5.79. The second-order valence-corrected chi connectivity index (χ2v) is 11.4. The number of methoxy groups -OCH3 is 2. The van der Waals surface area contributed by atoms with Crippen LogP contribution in [-0.4, -0.2) is 55.3 Å². The zero-order valence-electron chi connectivity index (χ0n) is 25.5. The molecule has 2 atom stereocenters. The summed E-state index contributed by atoms with van der Waals surface area (Å²) in [5, 5.41) is 0. The summed E-state index contributed by atoms with van der Waals surface area (Å²) < 4.78 is 57.0. The molecule has 11 heteroatoms. The van der Waals surface area contributed by atoms with Crippen LogP contribution < -0.4 is 9.64 Å². The quantitative estimate of drug-likeness (QED) is 0.247. The van der Waals surface area contributed by atoms with Crippen LogP contribution in [0.4, 0.5) is 23.8 Å². The van der Waals surface area contributed by atoms with Gasteiger partial charge >= 0.3 is 18.2 Å². The molecule has 44 heavy (non-hydrogen) atoms. The number of esters is 1. The number of carbonyl (C=O) groups excluding carboxylic acids is 2. The van der Waals surface area contributed by atoms with Crippen LogP contribution >= 0.6 is 0 Å². The minimum atomic E-state index is -4.52. The van der Waals surface area contributed by atoms with Crippen LogP contribution in [0.15, 0.2) is 42.5 Å². The first-order chi connectivity index (χ1) is 20.9. The van der Waals surface area contributed by atoms with E-state index in [1.807, 2.05) is 31.2 Å². The Morgan fingerprint density at radius 3 is 2.48 bits per heavy atom. The van der Waals surface area contributed by atoms with Crippen LogP contribution in [0.2, 0.25) is 0 Å². The molecule has 0 unspecified atom stereocenters. The minimum Gasteiger partial charge on any atom is -0.496 e. The van der Waals surface area contributed by atoms with Gasteiger partial charge in [0.15, 0.2) is 0 Å². The monoisotopic (exact) mass is 611 g/mol. The average Bonchev–Trinajstić information content (AvgIpc) is 3.22. The van der Waals surface area contributed by atoms with Gasteiger partial charge in [0.2, 0.25) is 0 Å². The van der Waals surface area contributed by atoms with Gasteiger partial charge in [-0.2, -0.15) is 13.2 Å². The van der Waals surface area contributed by atoms with Crippen molar-refractivity contribution < 1.29 is 37.0 Å². The fourth-order valence-corrected chi connectivity index (χ4v) is 5.83. The molecule has 2 aromatic carbocycles.